The Kier molecular flexibility index (Phi) is 6.33. The minimum absolute atomic E-state index is 0.362. The second-order valence-corrected chi connectivity index (χ2v) is 4.63. The molecule has 1 unspecified atom stereocenters. The monoisotopic (exact) mass is 270 g/mol. The molecule has 0 aliphatic heterocycles. The highest BCUT2D eigenvalue weighted by atomic mass is 31.1. The average Bonchev–Trinajstić information content (AvgIpc) is 2.36. The second-order valence-electron chi connectivity index (χ2n) is 3.68. The molecule has 0 fully saturated rings. The minimum atomic E-state index is -2.14. The van der Waals surface area contributed by atoms with E-state index in [1.807, 2.05) is 13.0 Å². The fraction of sp³-hybridized carbons (Fsp3) is 0.417. The highest BCUT2D eigenvalue weighted by Crippen LogP contribution is 2.23. The lowest BCUT2D eigenvalue weighted by atomic mass is 10.3. The van der Waals surface area contributed by atoms with Crippen LogP contribution in [0.5, 0.6) is 5.75 Å². The molecule has 0 aliphatic rings. The summed E-state index contributed by atoms with van der Waals surface area (Å²) in [5.41, 5.74) is 0. The molecule has 0 saturated heterocycles. The van der Waals surface area contributed by atoms with Gasteiger partial charge in [0.2, 0.25) is 0 Å². The van der Waals surface area contributed by atoms with Gasteiger partial charge in [-0.15, -0.1) is 0 Å². The molecule has 6 heteroatoms. The van der Waals surface area contributed by atoms with Crippen molar-refractivity contribution in [3.05, 3.63) is 30.3 Å². The van der Waals surface area contributed by atoms with E-state index in [0.29, 0.717) is 12.4 Å². The highest BCUT2D eigenvalue weighted by molar-refractivity contribution is 7.37. The molecule has 0 saturated carbocycles. The van der Waals surface area contributed by atoms with Gasteiger partial charge >= 0.3 is 14.1 Å². The summed E-state index contributed by atoms with van der Waals surface area (Å²) in [7, 11) is -2.14. The number of hydrogen-bond acceptors (Lipinski definition) is 4. The Bertz CT molecular complexity index is 396. The molecule has 0 spiro atoms. The molecule has 1 N–H and O–H groups in total. The van der Waals surface area contributed by atoms with Gasteiger partial charge in [-0.25, -0.2) is 4.52 Å². The second kappa shape index (κ2) is 7.80. The molecular formula is C12H17NO4P+. The molecule has 0 aliphatic carbocycles. The first kappa shape index (κ1) is 14.6. The zero-order valence-electron chi connectivity index (χ0n) is 10.5. The summed E-state index contributed by atoms with van der Waals surface area (Å²) in [5.74, 6) is 0.0529. The summed E-state index contributed by atoms with van der Waals surface area (Å²) in [4.78, 5) is 11.4. The van der Waals surface area contributed by atoms with Crippen molar-refractivity contribution in [1.82, 2.24) is 5.09 Å². The molecule has 1 aromatic rings. The third kappa shape index (κ3) is 5.25. The number of benzene rings is 1. The molecule has 0 bridgehead atoms. The normalized spacial score (nSPS) is 12.7. The predicted octanol–water partition coefficient (Wildman–Crippen LogP) is 2.65. The minimum Gasteiger partial charge on any atom is -0.464 e. The molecule has 18 heavy (non-hydrogen) atoms. The summed E-state index contributed by atoms with van der Waals surface area (Å²) in [6, 6.07) is 8.10. The number of rotatable bonds is 7. The molecule has 1 rings (SSSR count). The number of nitrogens with one attached hydrogen (secondary N) is 1. The molecule has 2 atom stereocenters. The first-order chi connectivity index (χ1) is 8.63. The van der Waals surface area contributed by atoms with Gasteiger partial charge in [0.15, 0.2) is 5.75 Å². The fourth-order valence-corrected chi connectivity index (χ4v) is 1.93. The van der Waals surface area contributed by atoms with Crippen molar-refractivity contribution in [2.45, 2.75) is 26.3 Å². The van der Waals surface area contributed by atoms with Gasteiger partial charge in [-0.3, -0.25) is 4.79 Å². The van der Waals surface area contributed by atoms with Crippen molar-refractivity contribution in [1.29, 1.82) is 0 Å². The molecule has 0 amide bonds. The molecule has 98 valence electrons. The van der Waals surface area contributed by atoms with Gasteiger partial charge in [0, 0.05) is 4.57 Å². The van der Waals surface area contributed by atoms with Crippen LogP contribution in [0.2, 0.25) is 0 Å². The van der Waals surface area contributed by atoms with Crippen LogP contribution in [0.25, 0.3) is 0 Å². The smallest absolute Gasteiger partial charge is 0.464 e. The Balaban J connectivity index is 2.38. The largest absolute Gasteiger partial charge is 0.664 e. The lowest BCUT2D eigenvalue weighted by Crippen LogP contribution is -2.31. The maximum Gasteiger partial charge on any atom is 0.664 e. The van der Waals surface area contributed by atoms with Crippen LogP contribution in [0.4, 0.5) is 0 Å². The van der Waals surface area contributed by atoms with Crippen molar-refractivity contribution >= 4 is 14.1 Å². The molecule has 0 radical (unpaired) electrons. The van der Waals surface area contributed by atoms with E-state index in [1.54, 1.807) is 31.2 Å². The zero-order chi connectivity index (χ0) is 13.4. The van der Waals surface area contributed by atoms with E-state index < -0.39 is 20.2 Å². The van der Waals surface area contributed by atoms with Crippen molar-refractivity contribution in [2.24, 2.45) is 0 Å². The Morgan fingerprint density at radius 1 is 1.39 bits per heavy atom. The van der Waals surface area contributed by atoms with E-state index in [9.17, 15) is 9.36 Å². The number of para-hydroxylation sites is 1. The third-order valence-electron chi connectivity index (χ3n) is 2.03. The number of hydrogen-bond donors (Lipinski definition) is 1. The Morgan fingerprint density at radius 2 is 2.06 bits per heavy atom. The van der Waals surface area contributed by atoms with E-state index in [4.69, 9.17) is 9.26 Å². The number of carbonyl (C=O) groups is 1. The van der Waals surface area contributed by atoms with Gasteiger partial charge in [0.1, 0.15) is 6.04 Å². The van der Waals surface area contributed by atoms with Gasteiger partial charge in [0.05, 0.1) is 6.61 Å². The van der Waals surface area contributed by atoms with Gasteiger partial charge in [-0.1, -0.05) is 30.2 Å². The van der Waals surface area contributed by atoms with E-state index in [0.717, 1.165) is 6.42 Å². The van der Waals surface area contributed by atoms with Crippen molar-refractivity contribution < 1.29 is 18.6 Å². The molecule has 0 heterocycles. The van der Waals surface area contributed by atoms with Crippen LogP contribution in [-0.4, -0.2) is 18.6 Å². The van der Waals surface area contributed by atoms with Gasteiger partial charge in [0.25, 0.3) is 0 Å². The fourth-order valence-electron chi connectivity index (χ4n) is 1.14. The summed E-state index contributed by atoms with van der Waals surface area (Å²) in [6.07, 6.45) is 0.755. The quantitative estimate of drug-likeness (QED) is 0.609. The van der Waals surface area contributed by atoms with Crippen molar-refractivity contribution in [3.8, 4) is 5.75 Å². The van der Waals surface area contributed by atoms with Crippen LogP contribution in [-0.2, 0) is 14.1 Å². The van der Waals surface area contributed by atoms with Crippen molar-refractivity contribution in [3.63, 3.8) is 0 Å². The van der Waals surface area contributed by atoms with Crippen LogP contribution in [0.15, 0.2) is 30.3 Å². The third-order valence-corrected chi connectivity index (χ3v) is 3.01. The lowest BCUT2D eigenvalue weighted by Gasteiger charge is -2.06. The highest BCUT2D eigenvalue weighted by Gasteiger charge is 2.28. The SMILES string of the molecule is CCCOC(=O)[C@H](C)N[P+](=O)Oc1ccccc1. The van der Waals surface area contributed by atoms with E-state index in [2.05, 4.69) is 5.09 Å². The van der Waals surface area contributed by atoms with Crippen LogP contribution >= 0.6 is 8.18 Å². The predicted molar refractivity (Wildman–Crippen MR) is 68.5 cm³/mol. The molecule has 0 aromatic heterocycles. The maximum absolute atomic E-state index is 11.6. The summed E-state index contributed by atoms with van der Waals surface area (Å²) >= 11 is 0. The van der Waals surface area contributed by atoms with Gasteiger partial charge < -0.3 is 4.74 Å². The maximum atomic E-state index is 11.6. The van der Waals surface area contributed by atoms with Gasteiger partial charge in [-0.2, -0.15) is 0 Å². The summed E-state index contributed by atoms with van der Waals surface area (Å²) in [5, 5.41) is 2.55. The first-order valence-corrected chi connectivity index (χ1v) is 6.94. The lowest BCUT2D eigenvalue weighted by molar-refractivity contribution is -0.145. The Hall–Kier alpha value is -1.45. The number of ether oxygens (including phenoxy) is 1. The van der Waals surface area contributed by atoms with E-state index in [1.165, 1.54) is 0 Å². The first-order valence-electron chi connectivity index (χ1n) is 5.76. The summed E-state index contributed by atoms with van der Waals surface area (Å²) in [6.45, 7) is 3.85. The number of carbonyl (C=O) groups excluding carboxylic acids is 1. The topological polar surface area (TPSA) is 64.6 Å². The molecule has 5 nitrogen and oxygen atoms in total. The Morgan fingerprint density at radius 3 is 2.67 bits per heavy atom. The standard InChI is InChI=1S/C12H17NO4P/c1-3-9-16-12(14)10(2)13-18(15)17-11-7-5-4-6-8-11/h4-8,10H,3,9H2,1-2H3,(H,13,15)/q+1/t10-/m0/s1. The van der Waals surface area contributed by atoms with Crippen molar-refractivity contribution in [2.75, 3.05) is 6.61 Å². The van der Waals surface area contributed by atoms with Crippen LogP contribution in [0.1, 0.15) is 20.3 Å². The van der Waals surface area contributed by atoms with E-state index in [-0.39, 0.29) is 0 Å². The zero-order valence-corrected chi connectivity index (χ0v) is 11.4. The number of esters is 1. The molecule has 1 aromatic carbocycles. The molecular weight excluding hydrogens is 253 g/mol. The summed E-state index contributed by atoms with van der Waals surface area (Å²) < 4.78 is 21.7. The van der Waals surface area contributed by atoms with Crippen LogP contribution < -0.4 is 9.61 Å². The average molecular weight is 270 g/mol. The van der Waals surface area contributed by atoms with Crippen LogP contribution in [0, 0.1) is 0 Å². The van der Waals surface area contributed by atoms with Crippen LogP contribution in [0.3, 0.4) is 0 Å². The Labute approximate surface area is 107 Å². The van der Waals surface area contributed by atoms with E-state index >= 15 is 0 Å². The van der Waals surface area contributed by atoms with Gasteiger partial charge in [-0.05, 0) is 25.5 Å².